The highest BCUT2D eigenvalue weighted by Crippen LogP contribution is 2.15. The highest BCUT2D eigenvalue weighted by Gasteiger charge is 1.99. The molecular formula is C15H28IN3OS. The number of nitrogens with zero attached hydrogens (tertiary/aromatic N) is 1. The minimum atomic E-state index is 0. The molecule has 0 radical (unpaired) electrons. The first kappa shape index (κ1) is 20.7. The Morgan fingerprint density at radius 3 is 2.67 bits per heavy atom. The van der Waals surface area contributed by atoms with E-state index in [0.29, 0.717) is 0 Å². The lowest BCUT2D eigenvalue weighted by Gasteiger charge is -2.10. The molecule has 0 amide bonds. The number of rotatable bonds is 9. The van der Waals surface area contributed by atoms with Crippen LogP contribution in [0.2, 0.25) is 0 Å². The fourth-order valence-electron chi connectivity index (χ4n) is 1.75. The molecule has 0 atom stereocenters. The van der Waals surface area contributed by atoms with Crippen LogP contribution in [0.15, 0.2) is 17.1 Å². The molecule has 1 heterocycles. The Balaban J connectivity index is 0.00000400. The molecule has 0 aliphatic heterocycles. The van der Waals surface area contributed by atoms with Crippen LogP contribution in [0, 0.1) is 6.92 Å². The Morgan fingerprint density at radius 2 is 2.05 bits per heavy atom. The van der Waals surface area contributed by atoms with Crippen molar-refractivity contribution in [3.8, 4) is 0 Å². The van der Waals surface area contributed by atoms with Crippen LogP contribution < -0.4 is 10.6 Å². The van der Waals surface area contributed by atoms with Crippen LogP contribution in [0.3, 0.4) is 0 Å². The Bertz CT molecular complexity index is 396. The molecule has 0 spiro atoms. The molecule has 1 aromatic heterocycles. The van der Waals surface area contributed by atoms with Crippen LogP contribution in [0.1, 0.15) is 36.4 Å². The molecule has 21 heavy (non-hydrogen) atoms. The maximum absolute atomic E-state index is 5.32. The van der Waals surface area contributed by atoms with Gasteiger partial charge in [-0.2, -0.15) is 0 Å². The van der Waals surface area contributed by atoms with Gasteiger partial charge in [0.25, 0.3) is 0 Å². The van der Waals surface area contributed by atoms with Gasteiger partial charge in [-0.15, -0.1) is 35.3 Å². The highest BCUT2D eigenvalue weighted by molar-refractivity contribution is 14.0. The molecule has 0 bridgehead atoms. The van der Waals surface area contributed by atoms with Crippen molar-refractivity contribution in [3.63, 3.8) is 0 Å². The van der Waals surface area contributed by atoms with Crippen LogP contribution in [0.4, 0.5) is 0 Å². The Hall–Kier alpha value is -0.340. The van der Waals surface area contributed by atoms with Crippen molar-refractivity contribution in [3.05, 3.63) is 21.9 Å². The summed E-state index contributed by atoms with van der Waals surface area (Å²) in [6.07, 6.45) is 2.19. The molecule has 2 N–H and O–H groups in total. The number of hydrogen-bond donors (Lipinski definition) is 2. The van der Waals surface area contributed by atoms with Gasteiger partial charge < -0.3 is 15.4 Å². The van der Waals surface area contributed by atoms with Gasteiger partial charge in [-0.1, -0.05) is 0 Å². The molecule has 0 aliphatic rings. The third-order valence-electron chi connectivity index (χ3n) is 2.75. The van der Waals surface area contributed by atoms with Crippen molar-refractivity contribution in [1.29, 1.82) is 0 Å². The number of guanidine groups is 1. The minimum absolute atomic E-state index is 0. The lowest BCUT2D eigenvalue weighted by molar-refractivity contribution is 0.143. The molecule has 1 rings (SSSR count). The molecular weight excluding hydrogens is 397 g/mol. The zero-order chi connectivity index (χ0) is 14.6. The first-order chi connectivity index (χ1) is 9.76. The van der Waals surface area contributed by atoms with Gasteiger partial charge in [-0.3, -0.25) is 0 Å². The molecule has 4 nitrogen and oxygen atoms in total. The lowest BCUT2D eigenvalue weighted by Crippen LogP contribution is -2.37. The summed E-state index contributed by atoms with van der Waals surface area (Å²) in [4.78, 5) is 7.24. The van der Waals surface area contributed by atoms with Crippen LogP contribution >= 0.6 is 35.3 Å². The molecule has 0 saturated heterocycles. The summed E-state index contributed by atoms with van der Waals surface area (Å²) in [5.41, 5.74) is 0. The second-order valence-electron chi connectivity index (χ2n) is 4.54. The zero-order valence-electron chi connectivity index (χ0n) is 13.3. The van der Waals surface area contributed by atoms with Gasteiger partial charge in [0.05, 0.1) is 6.54 Å². The average Bonchev–Trinajstić information content (AvgIpc) is 2.85. The summed E-state index contributed by atoms with van der Waals surface area (Å²) in [6, 6.07) is 4.29. The number of aliphatic imine (C=N–C) groups is 1. The SMILES string of the molecule is CCNC(=NCc1ccc(C)s1)NCCCCOCC.I. The molecule has 1 aromatic rings. The van der Waals surface area contributed by atoms with Crippen molar-refractivity contribution >= 4 is 41.3 Å². The van der Waals surface area contributed by atoms with E-state index in [-0.39, 0.29) is 24.0 Å². The molecule has 0 fully saturated rings. The van der Waals surface area contributed by atoms with E-state index in [1.807, 2.05) is 6.92 Å². The molecule has 0 unspecified atom stereocenters. The standard InChI is InChI=1S/C15H27N3OS.HI/c1-4-16-15(17-10-6-7-11-19-5-2)18-12-14-9-8-13(3)20-14;/h8-9H,4-7,10-12H2,1-3H3,(H2,16,17,18);1H. The van der Waals surface area contributed by atoms with Crippen LogP contribution in [-0.4, -0.2) is 32.3 Å². The maximum atomic E-state index is 5.32. The Morgan fingerprint density at radius 1 is 1.24 bits per heavy atom. The first-order valence-corrected chi connectivity index (χ1v) is 8.23. The molecule has 0 aromatic carbocycles. The number of halogens is 1. The van der Waals surface area contributed by atoms with Gasteiger partial charge in [0.15, 0.2) is 5.96 Å². The summed E-state index contributed by atoms with van der Waals surface area (Å²) in [5.74, 6) is 0.898. The van der Waals surface area contributed by atoms with Crippen molar-refractivity contribution in [2.45, 2.75) is 40.2 Å². The van der Waals surface area contributed by atoms with Gasteiger partial charge in [-0.25, -0.2) is 4.99 Å². The number of thiophene rings is 1. The van der Waals surface area contributed by atoms with Crippen LogP contribution in [0.25, 0.3) is 0 Å². The van der Waals surface area contributed by atoms with Gasteiger partial charge in [0.2, 0.25) is 0 Å². The van der Waals surface area contributed by atoms with E-state index in [1.54, 1.807) is 11.3 Å². The minimum Gasteiger partial charge on any atom is -0.382 e. The van der Waals surface area contributed by atoms with E-state index in [2.05, 4.69) is 41.6 Å². The second-order valence-corrected chi connectivity index (χ2v) is 5.91. The van der Waals surface area contributed by atoms with E-state index >= 15 is 0 Å². The number of aryl methyl sites for hydroxylation is 1. The fraction of sp³-hybridized carbons (Fsp3) is 0.667. The summed E-state index contributed by atoms with van der Waals surface area (Å²) in [5, 5.41) is 6.64. The number of nitrogens with one attached hydrogen (secondary N) is 2. The molecule has 122 valence electrons. The van der Waals surface area contributed by atoms with Gasteiger partial charge >= 0.3 is 0 Å². The third kappa shape index (κ3) is 10.1. The Kier molecular flexibility index (Phi) is 13.1. The van der Waals surface area contributed by atoms with Gasteiger partial charge in [0.1, 0.15) is 0 Å². The van der Waals surface area contributed by atoms with Gasteiger partial charge in [0, 0.05) is 36.1 Å². The monoisotopic (exact) mass is 425 g/mol. The van der Waals surface area contributed by atoms with E-state index < -0.39 is 0 Å². The summed E-state index contributed by atoms with van der Waals surface area (Å²) in [7, 11) is 0. The smallest absolute Gasteiger partial charge is 0.191 e. The Labute approximate surface area is 149 Å². The quantitative estimate of drug-likeness (QED) is 0.275. The van der Waals surface area contributed by atoms with Crippen LogP contribution in [-0.2, 0) is 11.3 Å². The third-order valence-corrected chi connectivity index (χ3v) is 3.73. The van der Waals surface area contributed by atoms with Crippen molar-refractivity contribution in [2.75, 3.05) is 26.3 Å². The second kappa shape index (κ2) is 13.3. The van der Waals surface area contributed by atoms with Crippen LogP contribution in [0.5, 0.6) is 0 Å². The normalized spacial score (nSPS) is 11.1. The van der Waals surface area contributed by atoms with Crippen molar-refractivity contribution in [2.24, 2.45) is 4.99 Å². The predicted molar refractivity (Wildman–Crippen MR) is 103 cm³/mol. The van der Waals surface area contributed by atoms with Crippen molar-refractivity contribution < 1.29 is 4.74 Å². The maximum Gasteiger partial charge on any atom is 0.191 e. The first-order valence-electron chi connectivity index (χ1n) is 7.41. The summed E-state index contributed by atoms with van der Waals surface area (Å²) >= 11 is 1.81. The number of ether oxygens (including phenoxy) is 1. The highest BCUT2D eigenvalue weighted by atomic mass is 127. The van der Waals surface area contributed by atoms with E-state index in [0.717, 1.165) is 51.6 Å². The summed E-state index contributed by atoms with van der Waals surface area (Å²) < 4.78 is 5.32. The predicted octanol–water partition coefficient (Wildman–Crippen LogP) is 3.55. The number of unbranched alkanes of at least 4 members (excludes halogenated alkanes) is 1. The zero-order valence-corrected chi connectivity index (χ0v) is 16.4. The van der Waals surface area contributed by atoms with E-state index in [1.165, 1.54) is 9.75 Å². The van der Waals surface area contributed by atoms with Gasteiger partial charge in [-0.05, 0) is 45.7 Å². The average molecular weight is 425 g/mol. The van der Waals surface area contributed by atoms with E-state index in [4.69, 9.17) is 4.74 Å². The largest absolute Gasteiger partial charge is 0.382 e. The molecule has 0 saturated carbocycles. The van der Waals surface area contributed by atoms with E-state index in [9.17, 15) is 0 Å². The number of hydrogen-bond acceptors (Lipinski definition) is 3. The molecule has 0 aliphatic carbocycles. The fourth-order valence-corrected chi connectivity index (χ4v) is 2.56. The summed E-state index contributed by atoms with van der Waals surface area (Å²) in [6.45, 7) is 10.4. The lowest BCUT2D eigenvalue weighted by atomic mass is 10.3. The molecule has 6 heteroatoms. The topological polar surface area (TPSA) is 45.7 Å². The van der Waals surface area contributed by atoms with Crippen molar-refractivity contribution in [1.82, 2.24) is 10.6 Å².